The van der Waals surface area contributed by atoms with E-state index in [1.165, 1.54) is 11.2 Å². The van der Waals surface area contributed by atoms with E-state index in [4.69, 9.17) is 9.15 Å². The van der Waals surface area contributed by atoms with Gasteiger partial charge in [-0.2, -0.15) is 5.10 Å². The molecule has 1 N–H and O–H groups in total. The first-order valence-electron chi connectivity index (χ1n) is 8.70. The number of ether oxygens (including phenoxy) is 1. The minimum Gasteiger partial charge on any atom is -0.496 e. The molecular formula is C19H19N3O5S. The average Bonchev–Trinajstić information content (AvgIpc) is 3.31. The quantitative estimate of drug-likeness (QED) is 0.678. The number of hydrogen-bond donors (Lipinski definition) is 1. The van der Waals surface area contributed by atoms with E-state index < -0.39 is 15.1 Å². The number of H-pyrrole nitrogens is 1. The molecule has 1 aromatic carbocycles. The number of carbonyl (C=O) groups is 1. The topological polar surface area (TPSA) is 105 Å². The van der Waals surface area contributed by atoms with Crippen molar-refractivity contribution in [2.24, 2.45) is 0 Å². The summed E-state index contributed by atoms with van der Waals surface area (Å²) >= 11 is 0. The molecule has 1 aliphatic heterocycles. The van der Waals surface area contributed by atoms with E-state index in [9.17, 15) is 13.2 Å². The molecule has 0 saturated carbocycles. The number of likely N-dealkylation sites (tertiary alicyclic amines) is 1. The standard InChI is InChI=1S/C19H19N3O5S/c1-26-18-7-3-2-6-15(18)16-9-17(21-20-16)19(23)22-10-14(11-22)28(24,25)12-13-5-4-8-27-13/h2-9,14H,10-12H2,1H3,(H,20,21). The van der Waals surface area contributed by atoms with Gasteiger partial charge in [0, 0.05) is 18.7 Å². The lowest BCUT2D eigenvalue weighted by atomic mass is 10.1. The molecule has 0 bridgehead atoms. The van der Waals surface area contributed by atoms with Gasteiger partial charge in [-0.05, 0) is 30.3 Å². The molecule has 2 aromatic heterocycles. The number of amides is 1. The SMILES string of the molecule is COc1ccccc1-c1cc(C(=O)N2CC(S(=O)(=O)Cc3ccco3)C2)[nH]n1. The maximum Gasteiger partial charge on any atom is 0.271 e. The van der Waals surface area contributed by atoms with Crippen molar-refractivity contribution in [3.8, 4) is 17.0 Å². The normalized spacial score (nSPS) is 14.7. The third-order valence-electron chi connectivity index (χ3n) is 4.76. The van der Waals surface area contributed by atoms with Crippen LogP contribution in [-0.2, 0) is 15.6 Å². The Labute approximate surface area is 162 Å². The van der Waals surface area contributed by atoms with Crippen LogP contribution < -0.4 is 4.74 Å². The molecule has 1 amide bonds. The monoisotopic (exact) mass is 401 g/mol. The molecule has 9 heteroatoms. The molecule has 3 heterocycles. The molecule has 0 radical (unpaired) electrons. The maximum absolute atomic E-state index is 12.6. The van der Waals surface area contributed by atoms with E-state index in [0.29, 0.717) is 22.9 Å². The van der Waals surface area contributed by atoms with Crippen LogP contribution in [-0.4, -0.2) is 54.9 Å². The third-order valence-corrected chi connectivity index (χ3v) is 6.76. The number of aromatic nitrogens is 2. The fraction of sp³-hybridized carbons (Fsp3) is 0.263. The number of furan rings is 1. The number of sulfone groups is 1. The number of carbonyl (C=O) groups excluding carboxylic acids is 1. The van der Waals surface area contributed by atoms with Gasteiger partial charge < -0.3 is 14.1 Å². The van der Waals surface area contributed by atoms with Crippen molar-refractivity contribution >= 4 is 15.7 Å². The van der Waals surface area contributed by atoms with Gasteiger partial charge in [-0.15, -0.1) is 0 Å². The minimum absolute atomic E-state index is 0.158. The molecule has 0 atom stereocenters. The van der Waals surface area contributed by atoms with Gasteiger partial charge in [-0.1, -0.05) is 12.1 Å². The summed E-state index contributed by atoms with van der Waals surface area (Å²) in [6, 6.07) is 12.3. The zero-order valence-corrected chi connectivity index (χ0v) is 16.0. The number of methoxy groups -OCH3 is 1. The average molecular weight is 401 g/mol. The first kappa shape index (κ1) is 18.3. The highest BCUT2D eigenvalue weighted by atomic mass is 32.2. The number of benzene rings is 1. The Morgan fingerprint density at radius 2 is 2.07 bits per heavy atom. The first-order chi connectivity index (χ1) is 13.5. The summed E-state index contributed by atoms with van der Waals surface area (Å²) < 4.78 is 35.3. The summed E-state index contributed by atoms with van der Waals surface area (Å²) in [4.78, 5) is 14.1. The van der Waals surface area contributed by atoms with Crippen molar-refractivity contribution in [3.63, 3.8) is 0 Å². The van der Waals surface area contributed by atoms with Gasteiger partial charge in [0.05, 0.1) is 24.3 Å². The van der Waals surface area contributed by atoms with Crippen molar-refractivity contribution in [1.82, 2.24) is 15.1 Å². The number of rotatable bonds is 6. The molecule has 4 rings (SSSR count). The fourth-order valence-corrected chi connectivity index (χ4v) is 4.75. The number of hydrogen-bond acceptors (Lipinski definition) is 6. The summed E-state index contributed by atoms with van der Waals surface area (Å²) in [5.74, 6) is 0.619. The highest BCUT2D eigenvalue weighted by Crippen LogP contribution is 2.29. The molecule has 0 spiro atoms. The number of nitrogens with zero attached hydrogens (tertiary/aromatic N) is 2. The Hall–Kier alpha value is -3.07. The van der Waals surface area contributed by atoms with Crippen molar-refractivity contribution in [1.29, 1.82) is 0 Å². The highest BCUT2D eigenvalue weighted by molar-refractivity contribution is 7.91. The second-order valence-corrected chi connectivity index (χ2v) is 8.87. The molecule has 28 heavy (non-hydrogen) atoms. The van der Waals surface area contributed by atoms with Gasteiger partial charge in [-0.3, -0.25) is 9.89 Å². The van der Waals surface area contributed by atoms with Crippen LogP contribution in [0.5, 0.6) is 5.75 Å². The van der Waals surface area contributed by atoms with Crippen LogP contribution in [0.15, 0.2) is 53.1 Å². The summed E-state index contributed by atoms with van der Waals surface area (Å²) in [6.45, 7) is 0.315. The Kier molecular flexibility index (Phi) is 4.68. The molecule has 3 aromatic rings. The molecule has 146 valence electrons. The lowest BCUT2D eigenvalue weighted by Crippen LogP contribution is -2.57. The zero-order valence-electron chi connectivity index (χ0n) is 15.2. The van der Waals surface area contributed by atoms with E-state index >= 15 is 0 Å². The molecule has 1 saturated heterocycles. The van der Waals surface area contributed by atoms with E-state index in [2.05, 4.69) is 10.2 Å². The van der Waals surface area contributed by atoms with Crippen LogP contribution in [0.4, 0.5) is 0 Å². The molecule has 1 fully saturated rings. The third kappa shape index (κ3) is 3.40. The second kappa shape index (κ2) is 7.16. The van der Waals surface area contributed by atoms with Crippen LogP contribution in [0.2, 0.25) is 0 Å². The van der Waals surface area contributed by atoms with E-state index in [-0.39, 0.29) is 24.7 Å². The van der Waals surface area contributed by atoms with Crippen LogP contribution in [0.25, 0.3) is 11.3 Å². The number of aromatic amines is 1. The van der Waals surface area contributed by atoms with Crippen LogP contribution in [0, 0.1) is 0 Å². The van der Waals surface area contributed by atoms with Gasteiger partial charge in [-0.25, -0.2) is 8.42 Å². The summed E-state index contributed by atoms with van der Waals surface area (Å²) in [7, 11) is -1.80. The molecule has 8 nitrogen and oxygen atoms in total. The van der Waals surface area contributed by atoms with Gasteiger partial charge in [0.1, 0.15) is 23.0 Å². The van der Waals surface area contributed by atoms with Gasteiger partial charge >= 0.3 is 0 Å². The summed E-state index contributed by atoms with van der Waals surface area (Å²) in [5, 5.41) is 6.34. The van der Waals surface area contributed by atoms with Crippen molar-refractivity contribution in [2.45, 2.75) is 11.0 Å². The zero-order chi connectivity index (χ0) is 19.7. The fourth-order valence-electron chi connectivity index (χ4n) is 3.14. The predicted molar refractivity (Wildman–Crippen MR) is 102 cm³/mol. The number of para-hydroxylation sites is 1. The summed E-state index contributed by atoms with van der Waals surface area (Å²) in [5.41, 5.74) is 1.66. The van der Waals surface area contributed by atoms with Crippen molar-refractivity contribution in [3.05, 3.63) is 60.2 Å². The van der Waals surface area contributed by atoms with E-state index in [0.717, 1.165) is 5.56 Å². The first-order valence-corrected chi connectivity index (χ1v) is 10.4. The Bertz CT molecular complexity index is 1080. The highest BCUT2D eigenvalue weighted by Gasteiger charge is 2.40. The van der Waals surface area contributed by atoms with Crippen LogP contribution in [0.3, 0.4) is 0 Å². The van der Waals surface area contributed by atoms with Gasteiger partial charge in [0.2, 0.25) is 0 Å². The van der Waals surface area contributed by atoms with Gasteiger partial charge in [0.25, 0.3) is 5.91 Å². The lowest BCUT2D eigenvalue weighted by molar-refractivity contribution is 0.0652. The van der Waals surface area contributed by atoms with E-state index in [1.807, 2.05) is 24.3 Å². The molecule has 0 aliphatic carbocycles. The smallest absolute Gasteiger partial charge is 0.271 e. The summed E-state index contributed by atoms with van der Waals surface area (Å²) in [6.07, 6.45) is 1.44. The maximum atomic E-state index is 12.6. The van der Waals surface area contributed by atoms with Crippen molar-refractivity contribution < 1.29 is 22.4 Å². The van der Waals surface area contributed by atoms with Crippen molar-refractivity contribution in [2.75, 3.05) is 20.2 Å². The van der Waals surface area contributed by atoms with E-state index in [1.54, 1.807) is 25.3 Å². The largest absolute Gasteiger partial charge is 0.496 e. The molecule has 0 unspecified atom stereocenters. The lowest BCUT2D eigenvalue weighted by Gasteiger charge is -2.38. The van der Waals surface area contributed by atoms with Gasteiger partial charge in [0.15, 0.2) is 9.84 Å². The molecule has 1 aliphatic rings. The van der Waals surface area contributed by atoms with Crippen LogP contribution in [0.1, 0.15) is 16.2 Å². The minimum atomic E-state index is -3.37. The van der Waals surface area contributed by atoms with Crippen LogP contribution >= 0.6 is 0 Å². The second-order valence-electron chi connectivity index (χ2n) is 6.59. The Morgan fingerprint density at radius 1 is 1.29 bits per heavy atom. The molecular weight excluding hydrogens is 382 g/mol. The Morgan fingerprint density at radius 3 is 2.79 bits per heavy atom. The predicted octanol–water partition coefficient (Wildman–Crippen LogP) is 2.12. The number of nitrogens with one attached hydrogen (secondary N) is 1. The Balaban J connectivity index is 1.42.